The number of hydrogen-bond donors (Lipinski definition) is 2. The Balaban J connectivity index is 2.28. The van der Waals surface area contributed by atoms with Crippen LogP contribution < -0.4 is 16.6 Å². The number of nitrogens with zero attached hydrogens (tertiary/aromatic N) is 1. The monoisotopic (exact) mass is 273 g/mol. The predicted octanol–water partition coefficient (Wildman–Crippen LogP) is 2.29. The van der Waals surface area contributed by atoms with Crippen LogP contribution in [0.2, 0.25) is 0 Å². The smallest absolute Gasteiger partial charge is 0.330 e. The number of rotatable bonds is 4. The van der Waals surface area contributed by atoms with Crippen LogP contribution in [-0.4, -0.2) is 9.55 Å². The number of aromatic amines is 1. The zero-order valence-corrected chi connectivity index (χ0v) is 11.9. The molecule has 0 amide bonds. The van der Waals surface area contributed by atoms with Crippen molar-refractivity contribution in [3.8, 4) is 0 Å². The molecule has 1 atom stereocenters. The van der Waals surface area contributed by atoms with Crippen molar-refractivity contribution in [2.75, 3.05) is 5.32 Å². The van der Waals surface area contributed by atoms with E-state index in [4.69, 9.17) is 0 Å². The molecular weight excluding hydrogens is 254 g/mol. The quantitative estimate of drug-likeness (QED) is 0.898. The highest BCUT2D eigenvalue weighted by atomic mass is 16.2. The minimum atomic E-state index is -0.393. The molecule has 5 nitrogen and oxygen atoms in total. The maximum Gasteiger partial charge on any atom is 0.330 e. The summed E-state index contributed by atoms with van der Waals surface area (Å²) in [7, 11) is 0. The van der Waals surface area contributed by atoms with Gasteiger partial charge in [-0.2, -0.15) is 0 Å². The Morgan fingerprint density at radius 2 is 1.75 bits per heavy atom. The van der Waals surface area contributed by atoms with Crippen LogP contribution in [0.15, 0.2) is 46.0 Å². The van der Waals surface area contributed by atoms with Crippen LogP contribution in [-0.2, 0) is 0 Å². The number of nitrogens with one attached hydrogen (secondary N) is 2. The van der Waals surface area contributed by atoms with Gasteiger partial charge in [0.15, 0.2) is 0 Å². The second-order valence-electron chi connectivity index (χ2n) is 5.07. The zero-order valence-electron chi connectivity index (χ0n) is 11.9. The first-order valence-corrected chi connectivity index (χ1v) is 6.66. The molecule has 0 fully saturated rings. The first-order valence-electron chi connectivity index (χ1n) is 6.66. The van der Waals surface area contributed by atoms with Crippen LogP contribution in [0.3, 0.4) is 0 Å². The summed E-state index contributed by atoms with van der Waals surface area (Å²) in [6.45, 7) is 5.58. The molecule has 0 aliphatic rings. The summed E-state index contributed by atoms with van der Waals surface area (Å²) < 4.78 is 1.19. The Morgan fingerprint density at radius 1 is 1.10 bits per heavy atom. The molecular formula is C15H19N3O2. The van der Waals surface area contributed by atoms with E-state index in [1.165, 1.54) is 10.6 Å². The Kier molecular flexibility index (Phi) is 4.08. The summed E-state index contributed by atoms with van der Waals surface area (Å²) in [5, 5.41) is 3.14. The van der Waals surface area contributed by atoms with Crippen LogP contribution in [0.5, 0.6) is 0 Å². The maximum absolute atomic E-state index is 11.9. The summed E-state index contributed by atoms with van der Waals surface area (Å²) >= 11 is 0. The van der Waals surface area contributed by atoms with Gasteiger partial charge in [0.05, 0.1) is 0 Å². The largest absolute Gasteiger partial charge is 0.365 e. The molecule has 0 saturated carbocycles. The van der Waals surface area contributed by atoms with Gasteiger partial charge in [-0.15, -0.1) is 0 Å². The average molecular weight is 273 g/mol. The summed E-state index contributed by atoms with van der Waals surface area (Å²) in [5.74, 6) is 0.438. The van der Waals surface area contributed by atoms with Crippen molar-refractivity contribution in [2.24, 2.45) is 0 Å². The third-order valence-corrected chi connectivity index (χ3v) is 3.15. The molecule has 1 heterocycles. The molecule has 5 heteroatoms. The van der Waals surface area contributed by atoms with Gasteiger partial charge in [0.2, 0.25) is 0 Å². The highest BCUT2D eigenvalue weighted by Gasteiger charge is 2.10. The number of anilines is 1. The second-order valence-corrected chi connectivity index (χ2v) is 5.07. The molecule has 0 saturated heterocycles. The number of aromatic nitrogens is 2. The molecule has 1 aromatic heterocycles. The fraction of sp³-hybridized carbons (Fsp3) is 0.333. The number of hydrogen-bond acceptors (Lipinski definition) is 3. The molecule has 106 valence electrons. The first-order chi connectivity index (χ1) is 9.49. The van der Waals surface area contributed by atoms with E-state index in [1.807, 2.05) is 37.3 Å². The Hall–Kier alpha value is -2.30. The zero-order chi connectivity index (χ0) is 14.7. The lowest BCUT2D eigenvalue weighted by Crippen LogP contribution is -2.36. The molecule has 0 aliphatic heterocycles. The molecule has 20 heavy (non-hydrogen) atoms. The van der Waals surface area contributed by atoms with Gasteiger partial charge in [0, 0.05) is 18.2 Å². The highest BCUT2D eigenvalue weighted by molar-refractivity contribution is 5.36. The third kappa shape index (κ3) is 2.99. The SMILES string of the molecule is CC(C)n1c(=O)cc(N[C@@H](C)c2ccccc2)[nH]c1=O. The lowest BCUT2D eigenvalue weighted by Gasteiger charge is -2.16. The first kappa shape index (κ1) is 14.1. The number of H-pyrrole nitrogens is 1. The third-order valence-electron chi connectivity index (χ3n) is 3.15. The van der Waals surface area contributed by atoms with E-state index >= 15 is 0 Å². The predicted molar refractivity (Wildman–Crippen MR) is 80.2 cm³/mol. The van der Waals surface area contributed by atoms with E-state index in [1.54, 1.807) is 13.8 Å². The molecule has 0 unspecified atom stereocenters. The lowest BCUT2D eigenvalue weighted by atomic mass is 10.1. The molecule has 2 rings (SSSR count). The topological polar surface area (TPSA) is 66.9 Å². The molecule has 0 radical (unpaired) electrons. The Bertz CT molecular complexity index is 655. The van der Waals surface area contributed by atoms with E-state index in [0.717, 1.165) is 5.56 Å². The average Bonchev–Trinajstić information content (AvgIpc) is 2.38. The molecule has 0 aliphatic carbocycles. The number of benzene rings is 1. The minimum absolute atomic E-state index is 0.00106. The lowest BCUT2D eigenvalue weighted by molar-refractivity contribution is 0.546. The van der Waals surface area contributed by atoms with Crippen LogP contribution in [0.4, 0.5) is 5.82 Å². The summed E-state index contributed by atoms with van der Waals surface area (Å²) in [4.78, 5) is 26.5. The van der Waals surface area contributed by atoms with Gasteiger partial charge < -0.3 is 5.32 Å². The fourth-order valence-electron chi connectivity index (χ4n) is 2.13. The van der Waals surface area contributed by atoms with Gasteiger partial charge in [-0.1, -0.05) is 30.3 Å². The van der Waals surface area contributed by atoms with Crippen molar-refractivity contribution in [2.45, 2.75) is 32.9 Å². The van der Waals surface area contributed by atoms with Crippen LogP contribution in [0, 0.1) is 0 Å². The molecule has 2 aromatic rings. The van der Waals surface area contributed by atoms with Gasteiger partial charge in [-0.25, -0.2) is 4.79 Å². The van der Waals surface area contributed by atoms with Crippen molar-refractivity contribution in [3.63, 3.8) is 0 Å². The summed E-state index contributed by atoms with van der Waals surface area (Å²) in [5.41, 5.74) is 0.392. The highest BCUT2D eigenvalue weighted by Crippen LogP contribution is 2.15. The van der Waals surface area contributed by atoms with E-state index in [2.05, 4.69) is 10.3 Å². The normalized spacial score (nSPS) is 12.4. The maximum atomic E-state index is 11.9. The van der Waals surface area contributed by atoms with Gasteiger partial charge in [-0.3, -0.25) is 14.3 Å². The summed E-state index contributed by atoms with van der Waals surface area (Å²) in [6, 6.07) is 11.1. The van der Waals surface area contributed by atoms with Crippen molar-refractivity contribution in [1.82, 2.24) is 9.55 Å². The molecule has 0 spiro atoms. The van der Waals surface area contributed by atoms with Gasteiger partial charge in [-0.05, 0) is 26.3 Å². The van der Waals surface area contributed by atoms with E-state index in [0.29, 0.717) is 5.82 Å². The molecule has 2 N–H and O–H groups in total. The fourth-order valence-corrected chi connectivity index (χ4v) is 2.13. The molecule has 1 aromatic carbocycles. The van der Waals surface area contributed by atoms with Crippen LogP contribution >= 0.6 is 0 Å². The van der Waals surface area contributed by atoms with Gasteiger partial charge in [0.25, 0.3) is 5.56 Å². The van der Waals surface area contributed by atoms with Crippen LogP contribution in [0.25, 0.3) is 0 Å². The van der Waals surface area contributed by atoms with Crippen molar-refractivity contribution in [1.29, 1.82) is 0 Å². The van der Waals surface area contributed by atoms with Gasteiger partial charge in [0.1, 0.15) is 5.82 Å². The van der Waals surface area contributed by atoms with E-state index in [-0.39, 0.29) is 17.6 Å². The van der Waals surface area contributed by atoms with Crippen molar-refractivity contribution >= 4 is 5.82 Å². The van der Waals surface area contributed by atoms with Crippen LogP contribution in [0.1, 0.15) is 38.4 Å². The Labute approximate surface area is 117 Å². The second kappa shape index (κ2) is 5.77. The van der Waals surface area contributed by atoms with Crippen molar-refractivity contribution < 1.29 is 0 Å². The van der Waals surface area contributed by atoms with E-state index in [9.17, 15) is 9.59 Å². The standard InChI is InChI=1S/C15H19N3O2/c1-10(2)18-14(19)9-13(17-15(18)20)16-11(3)12-7-5-4-6-8-12/h4-11,16H,1-3H3,(H,17,20)/t11-/m0/s1. The van der Waals surface area contributed by atoms with Gasteiger partial charge >= 0.3 is 5.69 Å². The Morgan fingerprint density at radius 3 is 2.30 bits per heavy atom. The summed E-state index contributed by atoms with van der Waals surface area (Å²) in [6.07, 6.45) is 0. The van der Waals surface area contributed by atoms with Crippen molar-refractivity contribution in [3.05, 3.63) is 62.8 Å². The minimum Gasteiger partial charge on any atom is -0.365 e. The molecule has 0 bridgehead atoms. The van der Waals surface area contributed by atoms with E-state index < -0.39 is 5.69 Å².